The van der Waals surface area contributed by atoms with Crippen molar-refractivity contribution >= 4 is 45.8 Å². The normalized spacial score (nSPS) is 5.33. The first kappa shape index (κ1) is 10.7. The Bertz CT molecular complexity index is 10.3. The van der Waals surface area contributed by atoms with E-state index in [4.69, 9.17) is 0 Å². The van der Waals surface area contributed by atoms with Gasteiger partial charge in [-0.15, -0.1) is 0 Å². The summed E-state index contributed by atoms with van der Waals surface area (Å²) >= 11 is 0.713. The molecule has 0 N–H and O–H groups in total. The van der Waals surface area contributed by atoms with Crippen LogP contribution in [0.1, 0.15) is 0 Å². The molecule has 0 bridgehead atoms. The first-order chi connectivity index (χ1) is 2.73. The van der Waals surface area contributed by atoms with Gasteiger partial charge in [0.1, 0.15) is 0 Å². The van der Waals surface area contributed by atoms with Gasteiger partial charge >= 0.3 is 64.5 Å². The van der Waals surface area contributed by atoms with Crippen LogP contribution in [0.25, 0.3) is 0 Å². The fourth-order valence-corrected chi connectivity index (χ4v) is 0. The second-order valence-electron chi connectivity index (χ2n) is 1.73. The molecule has 2 radical (unpaired) electrons. The molecule has 0 aliphatic heterocycles. The van der Waals surface area contributed by atoms with Crippen LogP contribution in [-0.2, 0) is 0 Å². The summed E-state index contributed by atoms with van der Waals surface area (Å²) in [6, 6.07) is 0. The van der Waals surface area contributed by atoms with Crippen molar-refractivity contribution in [3.63, 3.8) is 0 Å². The second kappa shape index (κ2) is 9.88. The standard InChI is InChI=1S/4CH3.2In/h4*1H3;;. The SMILES string of the molecule is [CH3][In].[CH3][In]([CH3])[CH3]. The molecule has 0 heterocycles. The Morgan fingerprint density at radius 2 is 1.00 bits per heavy atom. The Morgan fingerprint density at radius 1 is 1.00 bits per heavy atom. The molecule has 0 atom stereocenters. The van der Waals surface area contributed by atoms with E-state index in [0.717, 1.165) is 0 Å². The van der Waals surface area contributed by atoms with E-state index in [2.05, 4.69) is 18.7 Å². The Hall–Kier alpha value is 1.74. The van der Waals surface area contributed by atoms with Gasteiger partial charge in [0.2, 0.25) is 0 Å². The first-order valence-electron chi connectivity index (χ1n) is 2.31. The van der Waals surface area contributed by atoms with E-state index in [0.29, 0.717) is 0 Å². The molecule has 0 rings (SSSR count). The van der Waals surface area contributed by atoms with E-state index < -0.39 is 21.4 Å². The summed E-state index contributed by atoms with van der Waals surface area (Å²) in [5, 5.41) is 0. The monoisotopic (exact) mass is 290 g/mol. The van der Waals surface area contributed by atoms with Gasteiger partial charge in [0.25, 0.3) is 0 Å². The van der Waals surface area contributed by atoms with Crippen molar-refractivity contribution in [1.82, 2.24) is 0 Å². The van der Waals surface area contributed by atoms with Crippen molar-refractivity contribution in [1.29, 1.82) is 0 Å². The minimum atomic E-state index is -0.637. The molecule has 2 heteroatoms. The van der Waals surface area contributed by atoms with Gasteiger partial charge in [-0.2, -0.15) is 0 Å². The minimum absolute atomic E-state index is 0.637. The van der Waals surface area contributed by atoms with Gasteiger partial charge in [0.05, 0.1) is 0 Å². The van der Waals surface area contributed by atoms with Gasteiger partial charge < -0.3 is 0 Å². The summed E-state index contributed by atoms with van der Waals surface area (Å²) in [5.41, 5.74) is 0. The maximum atomic E-state index is 2.38. The van der Waals surface area contributed by atoms with Crippen LogP contribution in [0.3, 0.4) is 0 Å². The summed E-state index contributed by atoms with van der Waals surface area (Å²) in [6.07, 6.45) is 0. The maximum absolute atomic E-state index is 2.38. The fourth-order valence-electron chi connectivity index (χ4n) is 0. The van der Waals surface area contributed by atoms with Crippen LogP contribution in [0, 0.1) is 0 Å². The molecule has 0 aromatic carbocycles. The quantitative estimate of drug-likeness (QED) is 0.635. The molecule has 0 nitrogen and oxygen atoms in total. The van der Waals surface area contributed by atoms with Crippen LogP contribution in [0.15, 0.2) is 0 Å². The molecule has 0 saturated carbocycles. The Labute approximate surface area is 63.8 Å². The van der Waals surface area contributed by atoms with Crippen molar-refractivity contribution in [2.75, 3.05) is 0 Å². The van der Waals surface area contributed by atoms with E-state index >= 15 is 0 Å². The topological polar surface area (TPSA) is 0 Å². The van der Waals surface area contributed by atoms with Crippen LogP contribution in [0.2, 0.25) is 18.7 Å². The summed E-state index contributed by atoms with van der Waals surface area (Å²) in [4.78, 5) is 0. The number of hydrogen-bond donors (Lipinski definition) is 0. The van der Waals surface area contributed by atoms with E-state index in [1.807, 2.05) is 0 Å². The third-order valence-electron chi connectivity index (χ3n) is 0. The molecular formula is C4H12In2. The Morgan fingerprint density at radius 3 is 1.00 bits per heavy atom. The van der Waals surface area contributed by atoms with Gasteiger partial charge in [0.15, 0.2) is 0 Å². The molecule has 6 heavy (non-hydrogen) atoms. The van der Waals surface area contributed by atoms with Crippen molar-refractivity contribution in [2.24, 2.45) is 0 Å². The van der Waals surface area contributed by atoms with Gasteiger partial charge in [0, 0.05) is 0 Å². The fraction of sp³-hybridized carbons (Fsp3) is 1.00. The third kappa shape index (κ3) is 42.6. The second-order valence-corrected chi connectivity index (χ2v) is 11.6. The summed E-state index contributed by atoms with van der Waals surface area (Å²) < 4.78 is 9.26. The van der Waals surface area contributed by atoms with Crippen molar-refractivity contribution in [3.8, 4) is 0 Å². The average molecular weight is 290 g/mol. The molecule has 34 valence electrons. The zero-order chi connectivity index (χ0) is 5.58. The average Bonchev–Trinajstić information content (AvgIpc) is 1.41. The van der Waals surface area contributed by atoms with Crippen LogP contribution < -0.4 is 0 Å². The van der Waals surface area contributed by atoms with Gasteiger partial charge in [-0.25, -0.2) is 0 Å². The first-order valence-corrected chi connectivity index (χ1v) is 15.5. The Balaban J connectivity index is 0. The van der Waals surface area contributed by atoms with E-state index in [1.54, 1.807) is 0 Å². The van der Waals surface area contributed by atoms with Crippen LogP contribution in [0.5, 0.6) is 0 Å². The molecule has 0 spiro atoms. The molecule has 0 fully saturated rings. The van der Waals surface area contributed by atoms with Crippen LogP contribution in [0.4, 0.5) is 0 Å². The zero-order valence-electron chi connectivity index (χ0n) is 5.15. The number of hydrogen-bond acceptors (Lipinski definition) is 0. The predicted molar refractivity (Wildman–Crippen MR) is 35.0 cm³/mol. The van der Waals surface area contributed by atoms with Crippen LogP contribution >= 0.6 is 0 Å². The molecule has 0 aromatic rings. The van der Waals surface area contributed by atoms with E-state index in [9.17, 15) is 0 Å². The molecule has 0 aliphatic rings. The molecule has 0 unspecified atom stereocenters. The molecule has 0 aromatic heterocycles. The van der Waals surface area contributed by atoms with Gasteiger partial charge in [-0.1, -0.05) is 0 Å². The zero-order valence-corrected chi connectivity index (χ0v) is 11.7. The predicted octanol–water partition coefficient (Wildman–Crippen LogP) is 1.57. The molecule has 0 aliphatic carbocycles. The third-order valence-corrected chi connectivity index (χ3v) is 0. The van der Waals surface area contributed by atoms with E-state index in [1.165, 1.54) is 24.4 Å². The summed E-state index contributed by atoms with van der Waals surface area (Å²) in [7, 11) is 0. The van der Waals surface area contributed by atoms with Crippen molar-refractivity contribution < 1.29 is 0 Å². The van der Waals surface area contributed by atoms with Gasteiger partial charge in [-0.05, 0) is 0 Å². The van der Waals surface area contributed by atoms with Crippen molar-refractivity contribution in [3.05, 3.63) is 0 Å². The van der Waals surface area contributed by atoms with Crippen LogP contribution in [-0.4, -0.2) is 45.8 Å². The van der Waals surface area contributed by atoms with Crippen molar-refractivity contribution in [2.45, 2.75) is 18.7 Å². The molecule has 0 amide bonds. The molecule has 0 saturated heterocycles. The summed E-state index contributed by atoms with van der Waals surface area (Å²) in [6.45, 7) is 0. The number of rotatable bonds is 0. The Kier molecular flexibility index (Phi) is 17.6. The molecular weight excluding hydrogens is 278 g/mol. The van der Waals surface area contributed by atoms with Gasteiger partial charge in [-0.3, -0.25) is 0 Å². The van der Waals surface area contributed by atoms with E-state index in [-0.39, 0.29) is 0 Å². The summed E-state index contributed by atoms with van der Waals surface area (Å²) in [5.74, 6) is 0.